The molecule has 2 rings (SSSR count). The lowest BCUT2D eigenvalue weighted by Gasteiger charge is -2.53. The van der Waals surface area contributed by atoms with Crippen LogP contribution in [0.1, 0.15) is 48.0 Å². The summed E-state index contributed by atoms with van der Waals surface area (Å²) >= 11 is 0. The fraction of sp³-hybridized carbons (Fsp3) is 1.00. The van der Waals surface area contributed by atoms with Gasteiger partial charge in [-0.15, -0.1) is 0 Å². The van der Waals surface area contributed by atoms with Crippen LogP contribution in [-0.4, -0.2) is 53.7 Å². The zero-order valence-electron chi connectivity index (χ0n) is 13.5. The van der Waals surface area contributed by atoms with Crippen molar-refractivity contribution in [1.82, 2.24) is 9.80 Å². The molecule has 0 bridgehead atoms. The first-order valence-corrected chi connectivity index (χ1v) is 7.72. The highest BCUT2D eigenvalue weighted by molar-refractivity contribution is 4.97. The maximum atomic E-state index is 14.4. The van der Waals surface area contributed by atoms with Crippen molar-refractivity contribution < 1.29 is 4.39 Å². The second-order valence-corrected chi connectivity index (χ2v) is 8.50. The molecule has 0 spiro atoms. The van der Waals surface area contributed by atoms with Crippen LogP contribution in [0.2, 0.25) is 0 Å². The number of hydrogen-bond acceptors (Lipinski definition) is 2. The van der Waals surface area contributed by atoms with Gasteiger partial charge in [-0.3, -0.25) is 9.80 Å². The van der Waals surface area contributed by atoms with E-state index < -0.39 is 6.17 Å². The van der Waals surface area contributed by atoms with Crippen LogP contribution >= 0.6 is 0 Å². The predicted octanol–water partition coefficient (Wildman–Crippen LogP) is 3.18. The summed E-state index contributed by atoms with van der Waals surface area (Å²) in [5.41, 5.74) is 0.359. The first kappa shape index (κ1) is 15.2. The zero-order valence-corrected chi connectivity index (χ0v) is 13.5. The average Bonchev–Trinajstić information content (AvgIpc) is 2.10. The molecule has 0 amide bonds. The molecule has 2 nitrogen and oxygen atoms in total. The van der Waals surface area contributed by atoms with Gasteiger partial charge in [0.05, 0.1) is 0 Å². The number of nitrogens with zero attached hydrogens (tertiary/aromatic N) is 2. The Hall–Kier alpha value is -0.150. The second-order valence-electron chi connectivity index (χ2n) is 8.50. The van der Waals surface area contributed by atoms with Crippen LogP contribution in [-0.2, 0) is 0 Å². The lowest BCUT2D eigenvalue weighted by atomic mass is 9.74. The molecule has 0 aromatic carbocycles. The summed E-state index contributed by atoms with van der Waals surface area (Å²) in [4.78, 5) is 4.87. The van der Waals surface area contributed by atoms with Crippen LogP contribution in [0.15, 0.2) is 0 Å². The molecule has 0 aromatic heterocycles. The lowest BCUT2D eigenvalue weighted by Crippen LogP contribution is -2.66. The summed E-state index contributed by atoms with van der Waals surface area (Å²) in [6.45, 7) is 17.2. The molecular weight excluding hydrogens is 239 g/mol. The smallest absolute Gasteiger partial charge is 0.116 e. The fourth-order valence-electron chi connectivity index (χ4n) is 3.47. The minimum Gasteiger partial charge on any atom is -0.295 e. The normalized spacial score (nSPS) is 32.4. The molecule has 0 N–H and O–H groups in total. The molecule has 0 saturated carbocycles. The molecular formula is C16H31FN2. The predicted molar refractivity (Wildman–Crippen MR) is 79.1 cm³/mol. The number of halogens is 1. The molecule has 0 unspecified atom stereocenters. The summed E-state index contributed by atoms with van der Waals surface area (Å²) in [5, 5.41) is 0. The second kappa shape index (κ2) is 5.00. The Kier molecular flexibility index (Phi) is 4.01. The molecule has 3 heteroatoms. The Morgan fingerprint density at radius 2 is 1.53 bits per heavy atom. The van der Waals surface area contributed by atoms with E-state index in [0.717, 1.165) is 26.1 Å². The highest BCUT2D eigenvalue weighted by Crippen LogP contribution is 2.37. The minimum atomic E-state index is -0.655. The topological polar surface area (TPSA) is 6.48 Å². The van der Waals surface area contributed by atoms with Crippen molar-refractivity contribution in [2.24, 2.45) is 11.3 Å². The van der Waals surface area contributed by atoms with Gasteiger partial charge in [0.2, 0.25) is 0 Å². The van der Waals surface area contributed by atoms with Gasteiger partial charge in [-0.1, -0.05) is 20.8 Å². The Morgan fingerprint density at radius 1 is 0.947 bits per heavy atom. The summed E-state index contributed by atoms with van der Waals surface area (Å²) in [7, 11) is 0. The van der Waals surface area contributed by atoms with Crippen LogP contribution in [0.3, 0.4) is 0 Å². The van der Waals surface area contributed by atoms with E-state index in [9.17, 15) is 4.39 Å². The third-order valence-electron chi connectivity index (χ3n) is 5.01. The maximum absolute atomic E-state index is 14.4. The summed E-state index contributed by atoms with van der Waals surface area (Å²) in [6, 6.07) is 0.582. The summed E-state index contributed by atoms with van der Waals surface area (Å²) in [6.07, 6.45) is 0.355. The zero-order chi connectivity index (χ0) is 14.4. The number of piperidine rings is 1. The van der Waals surface area contributed by atoms with Crippen molar-refractivity contribution in [3.63, 3.8) is 0 Å². The first-order chi connectivity index (χ1) is 8.59. The van der Waals surface area contributed by atoms with Gasteiger partial charge in [0.15, 0.2) is 0 Å². The molecule has 112 valence electrons. The van der Waals surface area contributed by atoms with Gasteiger partial charge in [0, 0.05) is 31.2 Å². The van der Waals surface area contributed by atoms with E-state index in [1.807, 2.05) is 0 Å². The monoisotopic (exact) mass is 270 g/mol. The number of likely N-dealkylation sites (tertiary alicyclic amines) is 2. The van der Waals surface area contributed by atoms with E-state index in [4.69, 9.17) is 0 Å². The molecule has 2 atom stereocenters. The van der Waals surface area contributed by atoms with Crippen molar-refractivity contribution in [2.45, 2.75) is 65.7 Å². The van der Waals surface area contributed by atoms with Crippen LogP contribution in [0.4, 0.5) is 4.39 Å². The van der Waals surface area contributed by atoms with Crippen LogP contribution < -0.4 is 0 Å². The molecule has 2 aliphatic heterocycles. The van der Waals surface area contributed by atoms with Gasteiger partial charge in [0.1, 0.15) is 6.17 Å². The van der Waals surface area contributed by atoms with E-state index in [1.165, 1.54) is 0 Å². The number of rotatable bonds is 1. The largest absolute Gasteiger partial charge is 0.295 e. The molecule has 19 heavy (non-hydrogen) atoms. The van der Waals surface area contributed by atoms with Crippen LogP contribution in [0.5, 0.6) is 0 Å². The van der Waals surface area contributed by atoms with Gasteiger partial charge >= 0.3 is 0 Å². The fourth-order valence-corrected chi connectivity index (χ4v) is 3.47. The third kappa shape index (κ3) is 3.30. The quantitative estimate of drug-likeness (QED) is 0.722. The van der Waals surface area contributed by atoms with Crippen molar-refractivity contribution in [3.8, 4) is 0 Å². The van der Waals surface area contributed by atoms with Crippen molar-refractivity contribution in [3.05, 3.63) is 0 Å². The Bertz CT molecular complexity index is 310. The molecule has 2 aliphatic rings. The molecule has 0 aliphatic carbocycles. The standard InChI is InChI=1S/C16H31FN2/c1-15(2,3)13-7-8-18(11-14(13)17)12-9-19(10-12)16(4,5)6/h12-14H,7-11H2,1-6H3/t13-,14+/m0/s1. The van der Waals surface area contributed by atoms with Gasteiger partial charge in [-0.25, -0.2) is 4.39 Å². The van der Waals surface area contributed by atoms with E-state index >= 15 is 0 Å². The minimum absolute atomic E-state index is 0.0998. The van der Waals surface area contributed by atoms with Crippen molar-refractivity contribution >= 4 is 0 Å². The first-order valence-electron chi connectivity index (χ1n) is 7.72. The van der Waals surface area contributed by atoms with Gasteiger partial charge in [-0.2, -0.15) is 0 Å². The van der Waals surface area contributed by atoms with Crippen LogP contribution in [0.25, 0.3) is 0 Å². The third-order valence-corrected chi connectivity index (χ3v) is 5.01. The molecule has 2 heterocycles. The van der Waals surface area contributed by atoms with Crippen LogP contribution in [0, 0.1) is 11.3 Å². The lowest BCUT2D eigenvalue weighted by molar-refractivity contribution is -0.0610. The van der Waals surface area contributed by atoms with Gasteiger partial charge in [0.25, 0.3) is 0 Å². The highest BCUT2D eigenvalue weighted by Gasteiger charge is 2.43. The summed E-state index contributed by atoms with van der Waals surface area (Å²) in [5.74, 6) is 0.225. The molecule has 2 fully saturated rings. The molecule has 2 saturated heterocycles. The highest BCUT2D eigenvalue weighted by atomic mass is 19.1. The van der Waals surface area contributed by atoms with E-state index in [2.05, 4.69) is 51.3 Å². The van der Waals surface area contributed by atoms with Gasteiger partial charge in [-0.05, 0) is 45.1 Å². The van der Waals surface area contributed by atoms with Crippen molar-refractivity contribution in [2.75, 3.05) is 26.2 Å². The van der Waals surface area contributed by atoms with E-state index in [-0.39, 0.29) is 16.9 Å². The number of alkyl halides is 1. The average molecular weight is 270 g/mol. The Morgan fingerprint density at radius 3 is 1.95 bits per heavy atom. The van der Waals surface area contributed by atoms with Gasteiger partial charge < -0.3 is 0 Å². The van der Waals surface area contributed by atoms with Crippen molar-refractivity contribution in [1.29, 1.82) is 0 Å². The Balaban J connectivity index is 1.84. The summed E-state index contributed by atoms with van der Waals surface area (Å²) < 4.78 is 14.4. The van der Waals surface area contributed by atoms with E-state index in [0.29, 0.717) is 12.6 Å². The maximum Gasteiger partial charge on any atom is 0.116 e. The number of hydrogen-bond donors (Lipinski definition) is 0. The van der Waals surface area contributed by atoms with E-state index in [1.54, 1.807) is 0 Å². The SMILES string of the molecule is CC(C)(C)[C@H]1CCN(C2CN(C(C)(C)C)C2)C[C@H]1F. The molecule has 0 radical (unpaired) electrons. The Labute approximate surface area is 118 Å². The molecule has 0 aromatic rings.